The molecule has 0 aromatic heterocycles. The SMILES string of the molecule is CCCOc1ccc(CN(CC)CCC(=O)O)cc1. The summed E-state index contributed by atoms with van der Waals surface area (Å²) in [6, 6.07) is 8.01. The zero-order valence-corrected chi connectivity index (χ0v) is 11.8. The van der Waals surface area contributed by atoms with Crippen LogP contribution in [0.1, 0.15) is 32.3 Å². The molecule has 0 saturated heterocycles. The minimum absolute atomic E-state index is 0.186. The minimum Gasteiger partial charge on any atom is -0.494 e. The van der Waals surface area contributed by atoms with Crippen LogP contribution in [0.15, 0.2) is 24.3 Å². The number of hydrogen-bond donors (Lipinski definition) is 1. The number of carbonyl (C=O) groups is 1. The lowest BCUT2D eigenvalue weighted by Crippen LogP contribution is -2.25. The molecular formula is C15H23NO3. The van der Waals surface area contributed by atoms with Gasteiger partial charge in [0.1, 0.15) is 5.75 Å². The Hall–Kier alpha value is -1.55. The molecule has 0 radical (unpaired) electrons. The largest absolute Gasteiger partial charge is 0.494 e. The molecule has 0 aliphatic carbocycles. The van der Waals surface area contributed by atoms with Crippen LogP contribution in [0.25, 0.3) is 0 Å². The van der Waals surface area contributed by atoms with E-state index in [1.54, 1.807) is 0 Å². The number of benzene rings is 1. The summed E-state index contributed by atoms with van der Waals surface area (Å²) in [7, 11) is 0. The van der Waals surface area contributed by atoms with Crippen molar-refractivity contribution in [1.29, 1.82) is 0 Å². The lowest BCUT2D eigenvalue weighted by atomic mass is 10.2. The molecule has 4 nitrogen and oxygen atoms in total. The van der Waals surface area contributed by atoms with Gasteiger partial charge in [-0.25, -0.2) is 0 Å². The Labute approximate surface area is 115 Å². The number of nitrogens with zero attached hydrogens (tertiary/aromatic N) is 1. The van der Waals surface area contributed by atoms with Gasteiger partial charge in [0.05, 0.1) is 13.0 Å². The summed E-state index contributed by atoms with van der Waals surface area (Å²) in [5.74, 6) is 0.140. The summed E-state index contributed by atoms with van der Waals surface area (Å²) in [6.45, 7) is 7.06. The first-order valence-electron chi connectivity index (χ1n) is 6.81. The van der Waals surface area contributed by atoms with E-state index < -0.39 is 5.97 Å². The Morgan fingerprint density at radius 1 is 1.26 bits per heavy atom. The van der Waals surface area contributed by atoms with Gasteiger partial charge < -0.3 is 9.84 Å². The molecule has 106 valence electrons. The Morgan fingerprint density at radius 3 is 2.47 bits per heavy atom. The molecule has 1 aromatic carbocycles. The van der Waals surface area contributed by atoms with E-state index in [0.717, 1.165) is 31.9 Å². The fourth-order valence-electron chi connectivity index (χ4n) is 1.77. The maximum absolute atomic E-state index is 10.6. The molecule has 0 aliphatic rings. The van der Waals surface area contributed by atoms with Crippen molar-refractivity contribution in [3.8, 4) is 5.75 Å². The maximum atomic E-state index is 10.6. The molecule has 1 aromatic rings. The molecule has 0 fully saturated rings. The Morgan fingerprint density at radius 2 is 1.95 bits per heavy atom. The van der Waals surface area contributed by atoms with Gasteiger partial charge in [-0.1, -0.05) is 26.0 Å². The number of ether oxygens (including phenoxy) is 1. The van der Waals surface area contributed by atoms with Crippen molar-refractivity contribution in [3.63, 3.8) is 0 Å². The molecule has 4 heteroatoms. The smallest absolute Gasteiger partial charge is 0.304 e. The predicted octanol–water partition coefficient (Wildman–Crippen LogP) is 2.77. The van der Waals surface area contributed by atoms with Gasteiger partial charge in [-0.15, -0.1) is 0 Å². The quantitative estimate of drug-likeness (QED) is 0.746. The molecule has 0 amide bonds. The van der Waals surface area contributed by atoms with E-state index in [1.165, 1.54) is 5.56 Å². The molecule has 0 heterocycles. The Bertz CT molecular complexity index is 375. The molecular weight excluding hydrogens is 242 g/mol. The van der Waals surface area contributed by atoms with E-state index in [1.807, 2.05) is 31.2 Å². The highest BCUT2D eigenvalue weighted by Crippen LogP contribution is 2.14. The first-order chi connectivity index (χ1) is 9.15. The lowest BCUT2D eigenvalue weighted by Gasteiger charge is -2.19. The number of carboxylic acids is 1. The van der Waals surface area contributed by atoms with E-state index in [-0.39, 0.29) is 6.42 Å². The van der Waals surface area contributed by atoms with Crippen molar-refractivity contribution in [2.45, 2.75) is 33.2 Å². The van der Waals surface area contributed by atoms with Crippen LogP contribution in [0.4, 0.5) is 0 Å². The third-order valence-electron chi connectivity index (χ3n) is 2.89. The van der Waals surface area contributed by atoms with Gasteiger partial charge in [-0.2, -0.15) is 0 Å². The van der Waals surface area contributed by atoms with E-state index in [0.29, 0.717) is 6.54 Å². The highest BCUT2D eigenvalue weighted by Gasteiger charge is 2.06. The molecule has 1 rings (SSSR count). The second kappa shape index (κ2) is 8.53. The standard InChI is InChI=1S/C15H23NO3/c1-3-11-19-14-7-5-13(6-8-14)12-16(4-2)10-9-15(17)18/h5-8H,3-4,9-12H2,1-2H3,(H,17,18). The number of rotatable bonds is 9. The topological polar surface area (TPSA) is 49.8 Å². The van der Waals surface area contributed by atoms with Crippen LogP contribution in [-0.2, 0) is 11.3 Å². The monoisotopic (exact) mass is 265 g/mol. The van der Waals surface area contributed by atoms with E-state index >= 15 is 0 Å². The first kappa shape index (κ1) is 15.5. The fraction of sp³-hybridized carbons (Fsp3) is 0.533. The van der Waals surface area contributed by atoms with Gasteiger partial charge in [0.25, 0.3) is 0 Å². The van der Waals surface area contributed by atoms with E-state index in [4.69, 9.17) is 9.84 Å². The van der Waals surface area contributed by atoms with Crippen molar-refractivity contribution in [1.82, 2.24) is 4.90 Å². The second-order valence-electron chi connectivity index (χ2n) is 4.50. The summed E-state index contributed by atoms with van der Waals surface area (Å²) in [4.78, 5) is 12.7. The molecule has 0 atom stereocenters. The van der Waals surface area contributed by atoms with Gasteiger partial charge in [-0.3, -0.25) is 9.69 Å². The normalized spacial score (nSPS) is 10.7. The summed E-state index contributed by atoms with van der Waals surface area (Å²) in [6.07, 6.45) is 1.19. The van der Waals surface area contributed by atoms with Crippen molar-refractivity contribution in [2.75, 3.05) is 19.7 Å². The summed E-state index contributed by atoms with van der Waals surface area (Å²) in [5, 5.41) is 8.70. The predicted molar refractivity (Wildman–Crippen MR) is 75.4 cm³/mol. The Kier molecular flexibility index (Phi) is 6.97. The number of aliphatic carboxylic acids is 1. The molecule has 0 bridgehead atoms. The van der Waals surface area contributed by atoms with Crippen LogP contribution >= 0.6 is 0 Å². The molecule has 0 aliphatic heterocycles. The highest BCUT2D eigenvalue weighted by atomic mass is 16.5. The minimum atomic E-state index is -0.748. The van der Waals surface area contributed by atoms with Crippen LogP contribution in [0.5, 0.6) is 5.75 Å². The Balaban J connectivity index is 2.48. The van der Waals surface area contributed by atoms with Crippen molar-refractivity contribution >= 4 is 5.97 Å². The van der Waals surface area contributed by atoms with Crippen LogP contribution in [0.2, 0.25) is 0 Å². The number of carboxylic acid groups (broad SMARTS) is 1. The van der Waals surface area contributed by atoms with E-state index in [9.17, 15) is 4.79 Å². The molecule has 19 heavy (non-hydrogen) atoms. The average Bonchev–Trinajstić information content (AvgIpc) is 2.42. The first-order valence-corrected chi connectivity index (χ1v) is 6.81. The van der Waals surface area contributed by atoms with Crippen molar-refractivity contribution in [3.05, 3.63) is 29.8 Å². The second-order valence-corrected chi connectivity index (χ2v) is 4.50. The highest BCUT2D eigenvalue weighted by molar-refractivity contribution is 5.66. The van der Waals surface area contributed by atoms with Gasteiger partial charge >= 0.3 is 5.97 Å². The van der Waals surface area contributed by atoms with E-state index in [2.05, 4.69) is 11.8 Å². The molecule has 0 spiro atoms. The molecule has 1 N–H and O–H groups in total. The lowest BCUT2D eigenvalue weighted by molar-refractivity contribution is -0.137. The van der Waals surface area contributed by atoms with Gasteiger partial charge in [0, 0.05) is 13.1 Å². The molecule has 0 unspecified atom stereocenters. The number of hydrogen-bond acceptors (Lipinski definition) is 3. The van der Waals surface area contributed by atoms with Crippen LogP contribution in [0.3, 0.4) is 0 Å². The van der Waals surface area contributed by atoms with Gasteiger partial charge in [-0.05, 0) is 30.7 Å². The zero-order chi connectivity index (χ0) is 14.1. The summed E-state index contributed by atoms with van der Waals surface area (Å²) in [5.41, 5.74) is 1.18. The van der Waals surface area contributed by atoms with Crippen LogP contribution in [-0.4, -0.2) is 35.7 Å². The average molecular weight is 265 g/mol. The fourth-order valence-corrected chi connectivity index (χ4v) is 1.77. The van der Waals surface area contributed by atoms with Gasteiger partial charge in [0.2, 0.25) is 0 Å². The van der Waals surface area contributed by atoms with Crippen molar-refractivity contribution in [2.24, 2.45) is 0 Å². The summed E-state index contributed by atoms with van der Waals surface area (Å²) >= 11 is 0. The summed E-state index contributed by atoms with van der Waals surface area (Å²) < 4.78 is 5.53. The third kappa shape index (κ3) is 6.25. The molecule has 0 saturated carbocycles. The zero-order valence-electron chi connectivity index (χ0n) is 11.8. The maximum Gasteiger partial charge on any atom is 0.304 e. The van der Waals surface area contributed by atoms with Crippen LogP contribution < -0.4 is 4.74 Å². The third-order valence-corrected chi connectivity index (χ3v) is 2.89. The van der Waals surface area contributed by atoms with Crippen molar-refractivity contribution < 1.29 is 14.6 Å². The van der Waals surface area contributed by atoms with Gasteiger partial charge in [0.15, 0.2) is 0 Å². The van der Waals surface area contributed by atoms with Crippen LogP contribution in [0, 0.1) is 0 Å².